The van der Waals surface area contributed by atoms with Crippen molar-refractivity contribution in [2.75, 3.05) is 23.9 Å². The summed E-state index contributed by atoms with van der Waals surface area (Å²) in [7, 11) is -1.47. The molecule has 150 valence electrons. The number of hydrogen-bond acceptors (Lipinski definition) is 4. The maximum absolute atomic E-state index is 13.9. The molecule has 0 unspecified atom stereocenters. The monoisotopic (exact) mass is 422 g/mol. The molecule has 1 aliphatic heterocycles. The van der Waals surface area contributed by atoms with Crippen LogP contribution in [0, 0.1) is 12.7 Å². The Morgan fingerprint density at radius 1 is 1.29 bits per heavy atom. The van der Waals surface area contributed by atoms with Crippen molar-refractivity contribution in [1.29, 1.82) is 0 Å². The van der Waals surface area contributed by atoms with E-state index in [2.05, 4.69) is 5.32 Å². The average Bonchev–Trinajstić information content (AvgIpc) is 3.02. The molecule has 2 aromatic rings. The van der Waals surface area contributed by atoms with Gasteiger partial charge in [-0.1, -0.05) is 18.2 Å². The largest absolute Gasteiger partial charge is 0.497 e. The smallest absolute Gasteiger partial charge is 0.174 e. The molecule has 1 atom stereocenters. The molecule has 5 nitrogen and oxygen atoms in total. The molecular formula is C20H23FN2O3S2. The Balaban J connectivity index is 1.81. The minimum Gasteiger partial charge on any atom is -0.497 e. The quantitative estimate of drug-likeness (QED) is 0.744. The van der Waals surface area contributed by atoms with E-state index in [4.69, 9.17) is 17.0 Å². The summed E-state index contributed by atoms with van der Waals surface area (Å²) < 4.78 is 43.0. The third-order valence-corrected chi connectivity index (χ3v) is 6.93. The highest BCUT2D eigenvalue weighted by Gasteiger charge is 2.33. The first-order chi connectivity index (χ1) is 13.3. The van der Waals surface area contributed by atoms with Gasteiger partial charge in [0, 0.05) is 18.3 Å². The van der Waals surface area contributed by atoms with E-state index in [9.17, 15) is 12.8 Å². The zero-order valence-corrected chi connectivity index (χ0v) is 17.4. The van der Waals surface area contributed by atoms with Crippen LogP contribution in [0.5, 0.6) is 5.75 Å². The predicted octanol–water partition coefficient (Wildman–Crippen LogP) is 3.53. The molecule has 0 radical (unpaired) electrons. The number of nitrogens with zero attached hydrogens (tertiary/aromatic N) is 1. The van der Waals surface area contributed by atoms with Crippen molar-refractivity contribution < 1.29 is 17.5 Å². The predicted molar refractivity (Wildman–Crippen MR) is 113 cm³/mol. The SMILES string of the molecule is COc1ccc(CN(C(=S)Nc2ccc(C)c(F)c2)[C@H]2CCS(=O)(=O)C2)cc1. The standard InChI is InChI=1S/C20H23FN2O3S2/c1-14-3-6-16(11-19(14)21)22-20(27)23(17-9-10-28(24,25)13-17)12-15-4-7-18(26-2)8-5-15/h3-8,11,17H,9-10,12-13H2,1-2H3,(H,22,27)/t17-/m0/s1. The number of ether oxygens (including phenoxy) is 1. The van der Waals surface area contributed by atoms with Crippen molar-refractivity contribution in [2.24, 2.45) is 0 Å². The van der Waals surface area contributed by atoms with Gasteiger partial charge in [-0.15, -0.1) is 0 Å². The van der Waals surface area contributed by atoms with E-state index >= 15 is 0 Å². The summed E-state index contributed by atoms with van der Waals surface area (Å²) in [5.41, 5.74) is 2.06. The van der Waals surface area contributed by atoms with Crippen molar-refractivity contribution in [2.45, 2.75) is 25.9 Å². The molecule has 1 heterocycles. The lowest BCUT2D eigenvalue weighted by molar-refractivity contribution is 0.332. The number of benzene rings is 2. The fraction of sp³-hybridized carbons (Fsp3) is 0.350. The number of sulfone groups is 1. The van der Waals surface area contributed by atoms with Gasteiger partial charge in [0.1, 0.15) is 11.6 Å². The third kappa shape index (κ3) is 4.99. The summed E-state index contributed by atoms with van der Waals surface area (Å²) >= 11 is 5.57. The van der Waals surface area contributed by atoms with Gasteiger partial charge in [-0.25, -0.2) is 12.8 Å². The zero-order valence-electron chi connectivity index (χ0n) is 15.8. The van der Waals surface area contributed by atoms with Gasteiger partial charge in [0.05, 0.1) is 18.6 Å². The number of anilines is 1. The van der Waals surface area contributed by atoms with Crippen LogP contribution >= 0.6 is 12.2 Å². The molecule has 1 saturated heterocycles. The second-order valence-corrected chi connectivity index (χ2v) is 9.54. The summed E-state index contributed by atoms with van der Waals surface area (Å²) in [6.07, 6.45) is 0.516. The molecule has 28 heavy (non-hydrogen) atoms. The first-order valence-electron chi connectivity index (χ1n) is 8.94. The number of methoxy groups -OCH3 is 1. The number of rotatable bonds is 5. The van der Waals surface area contributed by atoms with Crippen LogP contribution in [0.4, 0.5) is 10.1 Å². The second kappa shape index (κ2) is 8.45. The summed E-state index contributed by atoms with van der Waals surface area (Å²) in [5.74, 6) is 0.638. The van der Waals surface area contributed by atoms with Crippen LogP contribution in [-0.2, 0) is 16.4 Å². The van der Waals surface area contributed by atoms with Gasteiger partial charge in [-0.2, -0.15) is 0 Å². The van der Waals surface area contributed by atoms with Gasteiger partial charge < -0.3 is 15.0 Å². The third-order valence-electron chi connectivity index (χ3n) is 4.85. The first kappa shape index (κ1) is 20.5. The summed E-state index contributed by atoms with van der Waals surface area (Å²) in [6, 6.07) is 12.1. The van der Waals surface area contributed by atoms with Gasteiger partial charge in [0.15, 0.2) is 14.9 Å². The van der Waals surface area contributed by atoms with Crippen LogP contribution in [0.15, 0.2) is 42.5 Å². The lowest BCUT2D eigenvalue weighted by Gasteiger charge is -2.31. The molecule has 3 rings (SSSR count). The van der Waals surface area contributed by atoms with Crippen molar-refractivity contribution in [3.05, 3.63) is 59.4 Å². The topological polar surface area (TPSA) is 58.6 Å². The fourth-order valence-corrected chi connectivity index (χ4v) is 5.24. The Kier molecular flexibility index (Phi) is 6.20. The normalized spacial score (nSPS) is 17.9. The first-order valence-corrected chi connectivity index (χ1v) is 11.2. The van der Waals surface area contributed by atoms with Gasteiger partial charge in [0.2, 0.25) is 0 Å². The molecule has 0 aliphatic carbocycles. The summed E-state index contributed by atoms with van der Waals surface area (Å²) in [5, 5.41) is 3.43. The maximum Gasteiger partial charge on any atom is 0.174 e. The van der Waals surface area contributed by atoms with Gasteiger partial charge in [-0.3, -0.25) is 0 Å². The fourth-order valence-electron chi connectivity index (χ4n) is 3.18. The molecule has 0 saturated carbocycles. The van der Waals surface area contributed by atoms with E-state index in [0.29, 0.717) is 29.3 Å². The second-order valence-electron chi connectivity index (χ2n) is 6.93. The van der Waals surface area contributed by atoms with Crippen LogP contribution in [0.2, 0.25) is 0 Å². The Morgan fingerprint density at radius 2 is 2.00 bits per heavy atom. The highest BCUT2D eigenvalue weighted by Crippen LogP contribution is 2.23. The van der Waals surface area contributed by atoms with Crippen LogP contribution < -0.4 is 10.1 Å². The number of thiocarbonyl (C=S) groups is 1. The molecular weight excluding hydrogens is 399 g/mol. The van der Waals surface area contributed by atoms with Crippen molar-refractivity contribution in [3.63, 3.8) is 0 Å². The Labute approximate surface area is 170 Å². The Bertz CT molecular complexity index is 962. The van der Waals surface area contributed by atoms with E-state index in [1.807, 2.05) is 29.2 Å². The van der Waals surface area contributed by atoms with Crippen LogP contribution in [0.3, 0.4) is 0 Å². The lowest BCUT2D eigenvalue weighted by atomic mass is 10.1. The van der Waals surface area contributed by atoms with Crippen molar-refractivity contribution >= 4 is 32.9 Å². The van der Waals surface area contributed by atoms with Gasteiger partial charge >= 0.3 is 0 Å². The zero-order chi connectivity index (χ0) is 20.3. The van der Waals surface area contributed by atoms with Crippen molar-refractivity contribution in [3.8, 4) is 5.75 Å². The van der Waals surface area contributed by atoms with E-state index in [1.54, 1.807) is 26.2 Å². The number of halogens is 1. The lowest BCUT2D eigenvalue weighted by Crippen LogP contribution is -2.43. The minimum absolute atomic E-state index is 0.0627. The van der Waals surface area contributed by atoms with Crippen LogP contribution in [0.1, 0.15) is 17.5 Å². The van der Waals surface area contributed by atoms with Crippen LogP contribution in [0.25, 0.3) is 0 Å². The summed E-state index contributed by atoms with van der Waals surface area (Å²) in [6.45, 7) is 2.14. The summed E-state index contributed by atoms with van der Waals surface area (Å²) in [4.78, 5) is 1.87. The van der Waals surface area contributed by atoms with E-state index in [-0.39, 0.29) is 23.4 Å². The molecule has 0 spiro atoms. The molecule has 0 amide bonds. The minimum atomic E-state index is -3.07. The van der Waals surface area contributed by atoms with E-state index in [1.165, 1.54) is 6.07 Å². The highest BCUT2D eigenvalue weighted by atomic mass is 32.2. The molecule has 0 bridgehead atoms. The highest BCUT2D eigenvalue weighted by molar-refractivity contribution is 7.91. The molecule has 8 heteroatoms. The molecule has 1 N–H and O–H groups in total. The number of aryl methyl sites for hydroxylation is 1. The van der Waals surface area contributed by atoms with E-state index < -0.39 is 9.84 Å². The van der Waals surface area contributed by atoms with E-state index in [0.717, 1.165) is 11.3 Å². The average molecular weight is 423 g/mol. The Morgan fingerprint density at radius 3 is 2.57 bits per heavy atom. The maximum atomic E-state index is 13.9. The number of hydrogen-bond donors (Lipinski definition) is 1. The molecule has 1 fully saturated rings. The number of nitrogens with one attached hydrogen (secondary N) is 1. The van der Waals surface area contributed by atoms with Crippen LogP contribution in [-0.4, -0.2) is 43.1 Å². The Hall–Kier alpha value is -2.19. The van der Waals surface area contributed by atoms with Crippen molar-refractivity contribution in [1.82, 2.24) is 4.90 Å². The van der Waals surface area contributed by atoms with Gasteiger partial charge in [-0.05, 0) is 61.0 Å². The molecule has 1 aliphatic rings. The molecule has 0 aromatic heterocycles. The van der Waals surface area contributed by atoms with Gasteiger partial charge in [0.25, 0.3) is 0 Å². The molecule has 2 aromatic carbocycles.